The van der Waals surface area contributed by atoms with Crippen molar-refractivity contribution >= 4 is 0 Å². The third kappa shape index (κ3) is 3.19. The standard InChI is InChI=1S/C10H18N2O/c1-3-10-6-11-12(8-10)7-9(2)4-5-13/h6,8-9,13H,3-5,7H2,1-2H3. The molecule has 1 unspecified atom stereocenters. The first-order valence-corrected chi connectivity index (χ1v) is 4.88. The van der Waals surface area contributed by atoms with Gasteiger partial charge in [-0.05, 0) is 24.3 Å². The van der Waals surface area contributed by atoms with E-state index in [0.717, 1.165) is 19.4 Å². The molecule has 0 saturated carbocycles. The summed E-state index contributed by atoms with van der Waals surface area (Å²) in [7, 11) is 0. The lowest BCUT2D eigenvalue weighted by molar-refractivity contribution is 0.251. The summed E-state index contributed by atoms with van der Waals surface area (Å²) >= 11 is 0. The fourth-order valence-electron chi connectivity index (χ4n) is 1.32. The summed E-state index contributed by atoms with van der Waals surface area (Å²) in [6.07, 6.45) is 5.87. The van der Waals surface area contributed by atoms with Crippen molar-refractivity contribution in [3.05, 3.63) is 18.0 Å². The molecular weight excluding hydrogens is 164 g/mol. The van der Waals surface area contributed by atoms with E-state index in [4.69, 9.17) is 5.11 Å². The summed E-state index contributed by atoms with van der Waals surface area (Å²) < 4.78 is 1.96. The number of nitrogens with zero attached hydrogens (tertiary/aromatic N) is 2. The topological polar surface area (TPSA) is 38.0 Å². The van der Waals surface area contributed by atoms with Crippen LogP contribution in [0.4, 0.5) is 0 Å². The van der Waals surface area contributed by atoms with Crippen molar-refractivity contribution in [2.24, 2.45) is 5.92 Å². The summed E-state index contributed by atoms with van der Waals surface area (Å²) in [6.45, 7) is 5.42. The Kier molecular flexibility index (Phi) is 3.96. The maximum atomic E-state index is 8.74. The number of aliphatic hydroxyl groups excluding tert-OH is 1. The van der Waals surface area contributed by atoms with Crippen molar-refractivity contribution in [2.45, 2.75) is 33.2 Å². The molecule has 0 saturated heterocycles. The second-order valence-corrected chi connectivity index (χ2v) is 3.54. The molecule has 1 aromatic rings. The fraction of sp³-hybridized carbons (Fsp3) is 0.700. The molecule has 0 aromatic carbocycles. The van der Waals surface area contributed by atoms with Gasteiger partial charge in [-0.3, -0.25) is 4.68 Å². The number of hydrogen-bond donors (Lipinski definition) is 1. The Bertz CT molecular complexity index is 245. The molecule has 0 amide bonds. The molecule has 1 N–H and O–H groups in total. The van der Waals surface area contributed by atoms with E-state index >= 15 is 0 Å². The van der Waals surface area contributed by atoms with E-state index in [9.17, 15) is 0 Å². The number of aromatic nitrogens is 2. The van der Waals surface area contributed by atoms with E-state index in [1.54, 1.807) is 0 Å². The van der Waals surface area contributed by atoms with Crippen LogP contribution in [0.1, 0.15) is 25.8 Å². The van der Waals surface area contributed by atoms with Gasteiger partial charge in [-0.15, -0.1) is 0 Å². The zero-order valence-electron chi connectivity index (χ0n) is 8.40. The lowest BCUT2D eigenvalue weighted by atomic mass is 10.1. The highest BCUT2D eigenvalue weighted by atomic mass is 16.3. The molecule has 3 nitrogen and oxygen atoms in total. The van der Waals surface area contributed by atoms with E-state index in [1.807, 2.05) is 10.9 Å². The summed E-state index contributed by atoms with van der Waals surface area (Å²) in [5, 5.41) is 13.0. The third-order valence-electron chi connectivity index (χ3n) is 2.22. The minimum atomic E-state index is 0.267. The molecule has 74 valence electrons. The summed E-state index contributed by atoms with van der Waals surface area (Å²) in [4.78, 5) is 0. The zero-order chi connectivity index (χ0) is 9.68. The fourth-order valence-corrected chi connectivity index (χ4v) is 1.32. The number of rotatable bonds is 5. The number of aliphatic hydroxyl groups is 1. The Morgan fingerprint density at radius 2 is 2.38 bits per heavy atom. The van der Waals surface area contributed by atoms with Crippen molar-refractivity contribution < 1.29 is 5.11 Å². The summed E-state index contributed by atoms with van der Waals surface area (Å²) in [5.41, 5.74) is 1.27. The third-order valence-corrected chi connectivity index (χ3v) is 2.22. The lowest BCUT2D eigenvalue weighted by Crippen LogP contribution is -2.09. The van der Waals surface area contributed by atoms with Gasteiger partial charge in [0.15, 0.2) is 0 Å². The Morgan fingerprint density at radius 1 is 1.62 bits per heavy atom. The molecule has 0 spiro atoms. The average molecular weight is 182 g/mol. The monoisotopic (exact) mass is 182 g/mol. The Hall–Kier alpha value is -0.830. The molecule has 3 heteroatoms. The molecule has 1 atom stereocenters. The highest BCUT2D eigenvalue weighted by Gasteiger charge is 2.03. The second-order valence-electron chi connectivity index (χ2n) is 3.54. The van der Waals surface area contributed by atoms with Gasteiger partial charge in [-0.2, -0.15) is 5.10 Å². The van der Waals surface area contributed by atoms with E-state index < -0.39 is 0 Å². The second kappa shape index (κ2) is 5.02. The van der Waals surface area contributed by atoms with Crippen LogP contribution in [-0.2, 0) is 13.0 Å². The molecule has 0 bridgehead atoms. The van der Waals surface area contributed by atoms with E-state index in [0.29, 0.717) is 5.92 Å². The summed E-state index contributed by atoms with van der Waals surface area (Å²) in [6, 6.07) is 0. The van der Waals surface area contributed by atoms with Gasteiger partial charge >= 0.3 is 0 Å². The molecule has 1 heterocycles. The number of aryl methyl sites for hydroxylation is 1. The van der Waals surface area contributed by atoms with E-state index in [-0.39, 0.29) is 6.61 Å². The van der Waals surface area contributed by atoms with Crippen LogP contribution in [0.3, 0.4) is 0 Å². The molecule has 1 rings (SSSR count). The van der Waals surface area contributed by atoms with Crippen molar-refractivity contribution in [3.8, 4) is 0 Å². The van der Waals surface area contributed by atoms with Crippen LogP contribution in [0.25, 0.3) is 0 Å². The largest absolute Gasteiger partial charge is 0.396 e. The van der Waals surface area contributed by atoms with Crippen LogP contribution in [0.2, 0.25) is 0 Å². The Labute approximate surface area is 79.4 Å². The smallest absolute Gasteiger partial charge is 0.0521 e. The first kappa shape index (κ1) is 10.3. The van der Waals surface area contributed by atoms with E-state index in [1.165, 1.54) is 5.56 Å². The van der Waals surface area contributed by atoms with Crippen LogP contribution in [-0.4, -0.2) is 21.5 Å². The summed E-state index contributed by atoms with van der Waals surface area (Å²) in [5.74, 6) is 0.495. The van der Waals surface area contributed by atoms with Crippen molar-refractivity contribution in [1.29, 1.82) is 0 Å². The van der Waals surface area contributed by atoms with Crippen LogP contribution in [0.15, 0.2) is 12.4 Å². The van der Waals surface area contributed by atoms with Crippen LogP contribution >= 0.6 is 0 Å². The maximum Gasteiger partial charge on any atom is 0.0521 e. The van der Waals surface area contributed by atoms with Crippen LogP contribution in [0, 0.1) is 5.92 Å². The SMILES string of the molecule is CCc1cnn(CC(C)CCO)c1. The van der Waals surface area contributed by atoms with Crippen LogP contribution < -0.4 is 0 Å². The lowest BCUT2D eigenvalue weighted by Gasteiger charge is -2.08. The van der Waals surface area contributed by atoms with Gasteiger partial charge in [-0.25, -0.2) is 0 Å². The highest BCUT2D eigenvalue weighted by Crippen LogP contribution is 2.06. The van der Waals surface area contributed by atoms with E-state index in [2.05, 4.69) is 25.1 Å². The molecule has 0 aliphatic carbocycles. The van der Waals surface area contributed by atoms with Gasteiger partial charge in [0.25, 0.3) is 0 Å². The number of hydrogen-bond acceptors (Lipinski definition) is 2. The zero-order valence-corrected chi connectivity index (χ0v) is 8.40. The van der Waals surface area contributed by atoms with Crippen molar-refractivity contribution in [1.82, 2.24) is 9.78 Å². The minimum absolute atomic E-state index is 0.267. The first-order chi connectivity index (χ1) is 6.26. The van der Waals surface area contributed by atoms with Gasteiger partial charge in [0.1, 0.15) is 0 Å². The molecule has 0 fully saturated rings. The predicted molar refractivity (Wildman–Crippen MR) is 52.5 cm³/mol. The Morgan fingerprint density at radius 3 is 2.92 bits per heavy atom. The Balaban J connectivity index is 2.44. The minimum Gasteiger partial charge on any atom is -0.396 e. The molecule has 1 aromatic heterocycles. The quantitative estimate of drug-likeness (QED) is 0.748. The van der Waals surface area contributed by atoms with Gasteiger partial charge in [0.2, 0.25) is 0 Å². The van der Waals surface area contributed by atoms with Crippen LogP contribution in [0.5, 0.6) is 0 Å². The molecule has 0 aliphatic heterocycles. The average Bonchev–Trinajstić information content (AvgIpc) is 2.52. The first-order valence-electron chi connectivity index (χ1n) is 4.88. The van der Waals surface area contributed by atoms with Crippen molar-refractivity contribution in [3.63, 3.8) is 0 Å². The van der Waals surface area contributed by atoms with Gasteiger partial charge in [0, 0.05) is 19.3 Å². The molecule has 0 radical (unpaired) electrons. The van der Waals surface area contributed by atoms with Gasteiger partial charge < -0.3 is 5.11 Å². The highest BCUT2D eigenvalue weighted by molar-refractivity contribution is 5.02. The van der Waals surface area contributed by atoms with Gasteiger partial charge in [0.05, 0.1) is 6.20 Å². The maximum absolute atomic E-state index is 8.74. The van der Waals surface area contributed by atoms with Gasteiger partial charge in [-0.1, -0.05) is 13.8 Å². The molecule has 0 aliphatic rings. The predicted octanol–water partition coefficient (Wildman–Crippen LogP) is 1.46. The normalized spacial score (nSPS) is 13.2. The molecular formula is C10H18N2O. The van der Waals surface area contributed by atoms with Crippen molar-refractivity contribution in [2.75, 3.05) is 6.61 Å². The molecule has 13 heavy (non-hydrogen) atoms.